The molecule has 0 bridgehead atoms. The number of hydrogen-bond donors (Lipinski definition) is 1. The fourth-order valence-corrected chi connectivity index (χ4v) is 4.40. The van der Waals surface area contributed by atoms with Gasteiger partial charge >= 0.3 is 0 Å². The van der Waals surface area contributed by atoms with Crippen molar-refractivity contribution in [3.63, 3.8) is 0 Å². The van der Waals surface area contributed by atoms with Crippen LogP contribution in [0.3, 0.4) is 0 Å². The Bertz CT molecular complexity index is 1010. The fourth-order valence-electron chi connectivity index (χ4n) is 2.66. The van der Waals surface area contributed by atoms with E-state index in [9.17, 15) is 18.0 Å². The van der Waals surface area contributed by atoms with Crippen molar-refractivity contribution in [1.29, 1.82) is 0 Å². The van der Waals surface area contributed by atoms with Gasteiger partial charge in [-0.25, -0.2) is 8.42 Å². The molecule has 1 heterocycles. The highest BCUT2D eigenvalue weighted by Gasteiger charge is 2.24. The second-order valence-electron chi connectivity index (χ2n) is 6.01. The Morgan fingerprint density at radius 2 is 2.00 bits per heavy atom. The minimum absolute atomic E-state index is 0.0522. The lowest BCUT2D eigenvalue weighted by Gasteiger charge is -2.28. The number of hydrogen-bond acceptors (Lipinski definition) is 5. The number of sulfone groups is 1. The van der Waals surface area contributed by atoms with E-state index in [1.54, 1.807) is 4.90 Å². The Morgan fingerprint density at radius 3 is 2.74 bits per heavy atom. The number of rotatable bonds is 5. The van der Waals surface area contributed by atoms with Gasteiger partial charge in [0.25, 0.3) is 0 Å². The van der Waals surface area contributed by atoms with Crippen LogP contribution in [0.2, 0.25) is 5.02 Å². The van der Waals surface area contributed by atoms with E-state index in [1.807, 2.05) is 24.3 Å². The largest absolute Gasteiger partial charge is 0.325 e. The van der Waals surface area contributed by atoms with Gasteiger partial charge in [-0.05, 0) is 30.3 Å². The number of nitrogens with zero attached hydrogens (tertiary/aromatic N) is 1. The topological polar surface area (TPSA) is 83.6 Å². The lowest BCUT2D eigenvalue weighted by Crippen LogP contribution is -2.37. The van der Waals surface area contributed by atoms with Crippen LogP contribution >= 0.6 is 23.4 Å². The molecule has 1 aliphatic heterocycles. The van der Waals surface area contributed by atoms with Gasteiger partial charge in [0.1, 0.15) is 0 Å². The highest BCUT2D eigenvalue weighted by molar-refractivity contribution is 8.00. The first-order valence-corrected chi connectivity index (χ1v) is 11.3. The van der Waals surface area contributed by atoms with Gasteiger partial charge in [-0.15, -0.1) is 11.8 Å². The molecule has 1 aliphatic rings. The first kappa shape index (κ1) is 19.7. The molecule has 0 unspecified atom stereocenters. The number of nitrogens with one attached hydrogen (secondary N) is 1. The van der Waals surface area contributed by atoms with Gasteiger partial charge < -0.3 is 10.2 Å². The quantitative estimate of drug-likeness (QED) is 0.796. The smallest absolute Gasteiger partial charge is 0.237 e. The van der Waals surface area contributed by atoms with E-state index in [-0.39, 0.29) is 40.4 Å². The average Bonchev–Trinajstić information content (AvgIpc) is 2.62. The van der Waals surface area contributed by atoms with Crippen LogP contribution in [0.15, 0.2) is 52.3 Å². The van der Waals surface area contributed by atoms with E-state index < -0.39 is 9.84 Å². The maximum atomic E-state index is 12.3. The Hall–Kier alpha value is -2.03. The SMILES string of the molecule is CS(=O)(=O)c1ccc(Cl)c(NC(=O)CCN2C(=O)CSc3ccccc32)c1. The molecule has 1 N–H and O–H groups in total. The monoisotopic (exact) mass is 424 g/mol. The number of fused-ring (bicyclic) bond motifs is 1. The van der Waals surface area contributed by atoms with Crippen LogP contribution in [0.5, 0.6) is 0 Å². The molecule has 0 radical (unpaired) electrons. The number of benzene rings is 2. The van der Waals surface area contributed by atoms with E-state index in [0.29, 0.717) is 5.75 Å². The number of carbonyl (C=O) groups is 2. The molecule has 27 heavy (non-hydrogen) atoms. The summed E-state index contributed by atoms with van der Waals surface area (Å²) in [6, 6.07) is 11.7. The van der Waals surface area contributed by atoms with E-state index in [4.69, 9.17) is 11.6 Å². The lowest BCUT2D eigenvalue weighted by atomic mass is 10.2. The van der Waals surface area contributed by atoms with Crippen LogP contribution in [0.4, 0.5) is 11.4 Å². The summed E-state index contributed by atoms with van der Waals surface area (Å²) in [5, 5.41) is 2.86. The van der Waals surface area contributed by atoms with Gasteiger partial charge in [0, 0.05) is 24.1 Å². The van der Waals surface area contributed by atoms with Gasteiger partial charge in [-0.1, -0.05) is 23.7 Å². The van der Waals surface area contributed by atoms with Crippen molar-refractivity contribution >= 4 is 56.4 Å². The molecule has 0 saturated heterocycles. The standard InChI is InChI=1S/C18H17ClN2O4S2/c1-27(24,25)12-6-7-13(19)14(10-12)20-17(22)8-9-21-15-4-2-3-5-16(15)26-11-18(21)23/h2-7,10H,8-9,11H2,1H3,(H,20,22). The predicted octanol–water partition coefficient (Wildman–Crippen LogP) is 3.21. The van der Waals surface area contributed by atoms with Crippen LogP contribution in [-0.4, -0.2) is 38.8 Å². The summed E-state index contributed by atoms with van der Waals surface area (Å²) in [5.74, 6) is -0.0735. The van der Waals surface area contributed by atoms with Crippen LogP contribution < -0.4 is 10.2 Å². The van der Waals surface area contributed by atoms with E-state index in [0.717, 1.165) is 16.8 Å². The van der Waals surface area contributed by atoms with E-state index in [2.05, 4.69) is 5.32 Å². The normalized spacial score (nSPS) is 14.0. The Balaban J connectivity index is 1.70. The molecular weight excluding hydrogens is 408 g/mol. The molecule has 142 valence electrons. The van der Waals surface area contributed by atoms with Crippen LogP contribution in [0.1, 0.15) is 6.42 Å². The van der Waals surface area contributed by atoms with Crippen molar-refractivity contribution in [3.05, 3.63) is 47.5 Å². The highest BCUT2D eigenvalue weighted by Crippen LogP contribution is 2.35. The van der Waals surface area contributed by atoms with Gasteiger partial charge in [-0.3, -0.25) is 9.59 Å². The Morgan fingerprint density at radius 1 is 1.26 bits per heavy atom. The summed E-state index contributed by atoms with van der Waals surface area (Å²) in [5.41, 5.74) is 1.02. The highest BCUT2D eigenvalue weighted by atomic mass is 35.5. The predicted molar refractivity (Wildman–Crippen MR) is 107 cm³/mol. The number of halogens is 1. The minimum Gasteiger partial charge on any atom is -0.325 e. The summed E-state index contributed by atoms with van der Waals surface area (Å²) in [7, 11) is -3.41. The fraction of sp³-hybridized carbons (Fsp3) is 0.222. The molecule has 0 saturated carbocycles. The maximum absolute atomic E-state index is 12.3. The molecule has 3 rings (SSSR count). The first-order valence-electron chi connectivity index (χ1n) is 8.07. The molecule has 2 amide bonds. The molecule has 2 aromatic rings. The molecule has 0 aliphatic carbocycles. The maximum Gasteiger partial charge on any atom is 0.237 e. The van der Waals surface area contributed by atoms with Crippen molar-refractivity contribution in [2.45, 2.75) is 16.2 Å². The Labute approximate surface area is 166 Å². The summed E-state index contributed by atoms with van der Waals surface area (Å²) in [4.78, 5) is 27.2. The van der Waals surface area contributed by atoms with Crippen molar-refractivity contribution < 1.29 is 18.0 Å². The second-order valence-corrected chi connectivity index (χ2v) is 9.45. The third kappa shape index (κ3) is 4.63. The van der Waals surface area contributed by atoms with Gasteiger partial charge in [0.05, 0.1) is 27.0 Å². The van der Waals surface area contributed by atoms with Gasteiger partial charge in [0.15, 0.2) is 9.84 Å². The minimum atomic E-state index is -3.41. The molecule has 6 nitrogen and oxygen atoms in total. The van der Waals surface area contributed by atoms with E-state index >= 15 is 0 Å². The molecule has 0 fully saturated rings. The zero-order valence-corrected chi connectivity index (χ0v) is 16.8. The average molecular weight is 425 g/mol. The molecular formula is C18H17ClN2O4S2. The zero-order chi connectivity index (χ0) is 19.6. The van der Waals surface area contributed by atoms with Gasteiger partial charge in [0.2, 0.25) is 11.8 Å². The van der Waals surface area contributed by atoms with Crippen molar-refractivity contribution in [2.75, 3.05) is 28.8 Å². The summed E-state index contributed by atoms with van der Waals surface area (Å²) in [6.07, 6.45) is 1.14. The number of anilines is 2. The van der Waals surface area contributed by atoms with Crippen molar-refractivity contribution in [1.82, 2.24) is 0 Å². The van der Waals surface area contributed by atoms with Crippen LogP contribution in [0.25, 0.3) is 0 Å². The third-order valence-corrected chi connectivity index (χ3v) is 6.50. The molecule has 0 atom stereocenters. The third-order valence-electron chi connectivity index (χ3n) is 4.01. The second kappa shape index (κ2) is 7.92. The number of para-hydroxylation sites is 1. The molecule has 9 heteroatoms. The van der Waals surface area contributed by atoms with Crippen molar-refractivity contribution in [2.24, 2.45) is 0 Å². The lowest BCUT2D eigenvalue weighted by molar-refractivity contribution is -0.117. The summed E-state index contributed by atoms with van der Waals surface area (Å²) >= 11 is 7.53. The molecule has 2 aromatic carbocycles. The van der Waals surface area contributed by atoms with Gasteiger partial charge in [-0.2, -0.15) is 0 Å². The molecule has 0 spiro atoms. The van der Waals surface area contributed by atoms with Crippen LogP contribution in [0, 0.1) is 0 Å². The Kier molecular flexibility index (Phi) is 5.78. The van der Waals surface area contributed by atoms with Crippen LogP contribution in [-0.2, 0) is 19.4 Å². The molecule has 0 aromatic heterocycles. The first-order chi connectivity index (χ1) is 12.8. The number of carbonyl (C=O) groups excluding carboxylic acids is 2. The number of amides is 2. The zero-order valence-electron chi connectivity index (χ0n) is 14.4. The summed E-state index contributed by atoms with van der Waals surface area (Å²) in [6.45, 7) is 0.228. The van der Waals surface area contributed by atoms with E-state index in [1.165, 1.54) is 30.0 Å². The summed E-state index contributed by atoms with van der Waals surface area (Å²) < 4.78 is 23.3. The van der Waals surface area contributed by atoms with Crippen molar-refractivity contribution in [3.8, 4) is 0 Å². The number of thioether (sulfide) groups is 1.